The second-order valence-electron chi connectivity index (χ2n) is 3.97. The van der Waals surface area contributed by atoms with E-state index in [4.69, 9.17) is 0 Å². The summed E-state index contributed by atoms with van der Waals surface area (Å²) >= 11 is 0. The molecule has 1 atom stereocenters. The van der Waals surface area contributed by atoms with Gasteiger partial charge in [-0.2, -0.15) is 0 Å². The van der Waals surface area contributed by atoms with Crippen molar-refractivity contribution in [2.75, 3.05) is 0 Å². The third kappa shape index (κ3) is 9.75. The number of halogens is 1. The van der Waals surface area contributed by atoms with Crippen molar-refractivity contribution >= 4 is 0 Å². The van der Waals surface area contributed by atoms with Gasteiger partial charge in [0.2, 0.25) is 0 Å². The summed E-state index contributed by atoms with van der Waals surface area (Å²) in [4.78, 5) is 0. The molecule has 0 spiro atoms. The number of alkyl halides is 1. The van der Waals surface area contributed by atoms with Crippen LogP contribution in [0.3, 0.4) is 0 Å². The lowest BCUT2D eigenvalue weighted by Gasteiger charge is -2.22. The molecule has 96 valence electrons. The van der Waals surface area contributed by atoms with E-state index in [0.29, 0.717) is 6.42 Å². The van der Waals surface area contributed by atoms with Crippen LogP contribution in [0.5, 0.6) is 0 Å². The molecule has 0 amide bonds. The second-order valence-corrected chi connectivity index (χ2v) is 3.97. The van der Waals surface area contributed by atoms with Crippen molar-refractivity contribution in [3.8, 4) is 0 Å². The van der Waals surface area contributed by atoms with Gasteiger partial charge in [-0.3, -0.25) is 0 Å². The van der Waals surface area contributed by atoms with Gasteiger partial charge < -0.3 is 5.32 Å². The summed E-state index contributed by atoms with van der Waals surface area (Å²) < 4.78 is 13.6. The topological polar surface area (TPSA) is 12.0 Å². The zero-order valence-corrected chi connectivity index (χ0v) is 11.9. The van der Waals surface area contributed by atoms with Gasteiger partial charge in [-0.15, -0.1) is 0 Å². The number of nitrogens with one attached hydrogen (secondary N) is 1. The Morgan fingerprint density at radius 3 is 2.00 bits per heavy atom. The Balaban J connectivity index is 0. The van der Waals surface area contributed by atoms with Crippen LogP contribution in [0.4, 0.5) is 4.39 Å². The number of rotatable bonds is 5. The Kier molecular flexibility index (Phi) is 10.4. The minimum atomic E-state index is -1.29. The summed E-state index contributed by atoms with van der Waals surface area (Å²) in [5, 5.41) is 2.90. The average molecular weight is 229 g/mol. The van der Waals surface area contributed by atoms with Crippen LogP contribution in [-0.4, -0.2) is 5.79 Å². The molecule has 1 N–H and O–H groups in total. The van der Waals surface area contributed by atoms with Crippen molar-refractivity contribution in [1.82, 2.24) is 5.32 Å². The molecule has 2 heteroatoms. The van der Waals surface area contributed by atoms with Crippen molar-refractivity contribution in [3.05, 3.63) is 23.4 Å². The maximum atomic E-state index is 13.6. The molecule has 0 aliphatic heterocycles. The third-order valence-electron chi connectivity index (χ3n) is 2.08. The molecular weight excluding hydrogens is 201 g/mol. The molecule has 0 fully saturated rings. The maximum absolute atomic E-state index is 13.6. The third-order valence-corrected chi connectivity index (χ3v) is 2.08. The van der Waals surface area contributed by atoms with Crippen LogP contribution in [0.2, 0.25) is 0 Å². The lowest BCUT2D eigenvalue weighted by atomic mass is 10.2. The largest absolute Gasteiger partial charge is 0.357 e. The standard InChI is InChI=1S/C12H22FN.C2H6/c1-6-11(9-8-10(3)4)14-12(5,13)7-2;1-2/h8-9,14H,6-7H2,1-5H3;1-2H3/b11-9+;. The highest BCUT2D eigenvalue weighted by atomic mass is 19.1. The first-order chi connectivity index (χ1) is 7.41. The normalized spacial score (nSPS) is 14.4. The van der Waals surface area contributed by atoms with Gasteiger partial charge in [-0.05, 0) is 39.7 Å². The molecule has 1 unspecified atom stereocenters. The van der Waals surface area contributed by atoms with E-state index in [1.165, 1.54) is 5.57 Å². The van der Waals surface area contributed by atoms with E-state index in [0.717, 1.165) is 12.1 Å². The molecule has 0 radical (unpaired) electrons. The molecule has 0 aromatic rings. The summed E-state index contributed by atoms with van der Waals surface area (Å²) in [5.74, 6) is -1.29. The van der Waals surface area contributed by atoms with Gasteiger partial charge in [-0.25, -0.2) is 4.39 Å². The van der Waals surface area contributed by atoms with Gasteiger partial charge in [-0.1, -0.05) is 39.3 Å². The lowest BCUT2D eigenvalue weighted by molar-refractivity contribution is 0.147. The molecule has 0 aliphatic carbocycles. The molecule has 0 saturated heterocycles. The highest BCUT2D eigenvalue weighted by Crippen LogP contribution is 2.14. The van der Waals surface area contributed by atoms with Crippen LogP contribution < -0.4 is 5.32 Å². The molecule has 0 heterocycles. The van der Waals surface area contributed by atoms with E-state index in [2.05, 4.69) is 5.32 Å². The Bertz CT molecular complexity index is 223. The second kappa shape index (κ2) is 9.44. The van der Waals surface area contributed by atoms with E-state index >= 15 is 0 Å². The number of allylic oxidation sites excluding steroid dienone is 4. The SMILES string of the molecule is CC.CC/C(=C\C=C(C)C)NC(C)(F)CC. The minimum absolute atomic E-state index is 0.471. The summed E-state index contributed by atoms with van der Waals surface area (Å²) in [5.41, 5.74) is 2.16. The molecule has 0 aromatic heterocycles. The molecule has 0 aliphatic rings. The first-order valence-corrected chi connectivity index (χ1v) is 6.22. The van der Waals surface area contributed by atoms with Gasteiger partial charge in [0.25, 0.3) is 0 Å². The van der Waals surface area contributed by atoms with Gasteiger partial charge in [0.1, 0.15) is 0 Å². The Morgan fingerprint density at radius 1 is 1.19 bits per heavy atom. The van der Waals surface area contributed by atoms with Crippen molar-refractivity contribution in [2.24, 2.45) is 0 Å². The van der Waals surface area contributed by atoms with E-state index in [1.54, 1.807) is 6.92 Å². The fourth-order valence-electron chi connectivity index (χ4n) is 0.938. The monoisotopic (exact) mass is 229 g/mol. The van der Waals surface area contributed by atoms with Crippen LogP contribution in [0.1, 0.15) is 61.3 Å². The van der Waals surface area contributed by atoms with Gasteiger partial charge >= 0.3 is 0 Å². The van der Waals surface area contributed by atoms with Crippen molar-refractivity contribution in [1.29, 1.82) is 0 Å². The highest BCUT2D eigenvalue weighted by Gasteiger charge is 2.19. The van der Waals surface area contributed by atoms with Gasteiger partial charge in [0.15, 0.2) is 5.79 Å². The molecule has 0 bridgehead atoms. The van der Waals surface area contributed by atoms with Gasteiger partial charge in [0, 0.05) is 5.70 Å². The first kappa shape index (κ1) is 17.6. The fraction of sp³-hybridized carbons (Fsp3) is 0.714. The van der Waals surface area contributed by atoms with Crippen molar-refractivity contribution < 1.29 is 4.39 Å². The van der Waals surface area contributed by atoms with Crippen LogP contribution >= 0.6 is 0 Å². The quantitative estimate of drug-likeness (QED) is 0.519. The minimum Gasteiger partial charge on any atom is -0.357 e. The van der Waals surface area contributed by atoms with E-state index < -0.39 is 5.79 Å². The maximum Gasteiger partial charge on any atom is 0.177 e. The number of hydrogen-bond acceptors (Lipinski definition) is 1. The molecule has 0 aromatic carbocycles. The lowest BCUT2D eigenvalue weighted by Crippen LogP contribution is -2.36. The Hall–Kier alpha value is -0.790. The van der Waals surface area contributed by atoms with Crippen LogP contribution in [0.15, 0.2) is 23.4 Å². The van der Waals surface area contributed by atoms with Crippen molar-refractivity contribution in [2.45, 2.75) is 67.1 Å². The summed E-state index contributed by atoms with van der Waals surface area (Å²) in [7, 11) is 0. The summed E-state index contributed by atoms with van der Waals surface area (Å²) in [6.07, 6.45) is 5.24. The zero-order chi connectivity index (χ0) is 13.2. The molecule has 0 rings (SSSR count). The first-order valence-electron chi connectivity index (χ1n) is 6.22. The average Bonchev–Trinajstić information content (AvgIpc) is 2.26. The number of hydrogen-bond donors (Lipinski definition) is 1. The Morgan fingerprint density at radius 2 is 1.69 bits per heavy atom. The Labute approximate surface area is 101 Å². The molecular formula is C14H28FN. The smallest absolute Gasteiger partial charge is 0.177 e. The summed E-state index contributed by atoms with van der Waals surface area (Å²) in [6.45, 7) is 13.5. The summed E-state index contributed by atoms with van der Waals surface area (Å²) in [6, 6.07) is 0. The predicted molar refractivity (Wildman–Crippen MR) is 72.1 cm³/mol. The zero-order valence-electron chi connectivity index (χ0n) is 11.9. The highest BCUT2D eigenvalue weighted by molar-refractivity contribution is 5.15. The van der Waals surface area contributed by atoms with E-state index in [-0.39, 0.29) is 0 Å². The predicted octanol–water partition coefficient (Wildman–Crippen LogP) is 4.96. The van der Waals surface area contributed by atoms with Crippen LogP contribution in [-0.2, 0) is 0 Å². The van der Waals surface area contributed by atoms with E-state index in [9.17, 15) is 4.39 Å². The van der Waals surface area contributed by atoms with Gasteiger partial charge in [0.05, 0.1) is 0 Å². The molecule has 1 nitrogen and oxygen atoms in total. The fourth-order valence-corrected chi connectivity index (χ4v) is 0.938. The van der Waals surface area contributed by atoms with Crippen molar-refractivity contribution in [3.63, 3.8) is 0 Å². The van der Waals surface area contributed by atoms with Crippen LogP contribution in [0.25, 0.3) is 0 Å². The molecule has 16 heavy (non-hydrogen) atoms. The molecule has 0 saturated carbocycles. The van der Waals surface area contributed by atoms with E-state index in [1.807, 2.05) is 53.7 Å². The van der Waals surface area contributed by atoms with Crippen LogP contribution in [0, 0.1) is 0 Å².